The van der Waals surface area contributed by atoms with Crippen molar-refractivity contribution in [2.75, 3.05) is 6.54 Å². The Morgan fingerprint density at radius 2 is 2.05 bits per heavy atom. The van der Waals surface area contributed by atoms with Gasteiger partial charge in [0.05, 0.1) is 0 Å². The summed E-state index contributed by atoms with van der Waals surface area (Å²) < 4.78 is 0. The van der Waals surface area contributed by atoms with Crippen molar-refractivity contribution in [3.63, 3.8) is 0 Å². The first-order chi connectivity index (χ1) is 9.73. The Hall–Kier alpha value is -1.43. The lowest BCUT2D eigenvalue weighted by Gasteiger charge is -2.16. The molecule has 1 fully saturated rings. The van der Waals surface area contributed by atoms with E-state index in [0.29, 0.717) is 18.8 Å². The van der Waals surface area contributed by atoms with Crippen LogP contribution in [0.25, 0.3) is 0 Å². The van der Waals surface area contributed by atoms with Crippen molar-refractivity contribution < 1.29 is 4.79 Å². The molecule has 3 N–H and O–H groups in total. The second kappa shape index (κ2) is 6.56. The number of nitrogens with one attached hydrogen (secondary N) is 1. The molecule has 6 heteroatoms. The van der Waals surface area contributed by atoms with Crippen LogP contribution in [0.15, 0.2) is 35.7 Å². The smallest absolute Gasteiger partial charge is 0.270 e. The molecule has 0 saturated heterocycles. The van der Waals surface area contributed by atoms with Crippen LogP contribution in [0.4, 0.5) is 0 Å². The number of nitrogens with two attached hydrogens (primary N) is 1. The van der Waals surface area contributed by atoms with Gasteiger partial charge in [-0.2, -0.15) is 0 Å². The minimum atomic E-state index is -0.108. The van der Waals surface area contributed by atoms with Crippen molar-refractivity contribution in [3.05, 3.63) is 52.0 Å². The van der Waals surface area contributed by atoms with Crippen LogP contribution >= 0.6 is 23.7 Å². The van der Waals surface area contributed by atoms with Gasteiger partial charge in [-0.3, -0.25) is 4.79 Å². The summed E-state index contributed by atoms with van der Waals surface area (Å²) >= 11 is 1.43. The second-order valence-corrected chi connectivity index (χ2v) is 6.10. The highest BCUT2D eigenvalue weighted by Gasteiger charge is 2.44. The van der Waals surface area contributed by atoms with Gasteiger partial charge >= 0.3 is 0 Å². The van der Waals surface area contributed by atoms with E-state index in [4.69, 9.17) is 5.73 Å². The molecule has 4 nitrogen and oxygen atoms in total. The van der Waals surface area contributed by atoms with Crippen molar-refractivity contribution >= 4 is 29.7 Å². The van der Waals surface area contributed by atoms with Crippen LogP contribution in [0.2, 0.25) is 0 Å². The van der Waals surface area contributed by atoms with Crippen LogP contribution in [0.3, 0.4) is 0 Å². The molecular formula is C15H18ClN3OS. The number of carbonyl (C=O) groups is 1. The standard InChI is InChI=1S/C15H17N3OS.ClH/c16-8-13-18-12(9-20-13)14(19)17-10-15(6-7-15)11-4-2-1-3-5-11;/h1-5,9H,6-8,10,16H2,(H,17,19);1H. The Balaban J connectivity index is 0.00000161. The third-order valence-corrected chi connectivity index (χ3v) is 4.66. The topological polar surface area (TPSA) is 68.0 Å². The van der Waals surface area contributed by atoms with E-state index in [0.717, 1.165) is 17.8 Å². The first kappa shape index (κ1) is 15.9. The van der Waals surface area contributed by atoms with Gasteiger partial charge in [0.1, 0.15) is 10.7 Å². The Labute approximate surface area is 134 Å². The number of thiazole rings is 1. The number of benzene rings is 1. The van der Waals surface area contributed by atoms with Crippen molar-refractivity contribution in [2.45, 2.75) is 24.8 Å². The molecule has 2 aromatic rings. The highest BCUT2D eigenvalue weighted by atomic mass is 35.5. The molecule has 0 spiro atoms. The largest absolute Gasteiger partial charge is 0.350 e. The predicted octanol–water partition coefficient (Wildman–Crippen LogP) is 2.49. The van der Waals surface area contributed by atoms with E-state index < -0.39 is 0 Å². The van der Waals surface area contributed by atoms with Gasteiger partial charge in [-0.25, -0.2) is 4.98 Å². The number of halogens is 1. The third-order valence-electron chi connectivity index (χ3n) is 3.79. The summed E-state index contributed by atoms with van der Waals surface area (Å²) in [4.78, 5) is 16.3. The summed E-state index contributed by atoms with van der Waals surface area (Å²) in [5, 5.41) is 5.56. The van der Waals surface area contributed by atoms with Gasteiger partial charge in [0.25, 0.3) is 5.91 Å². The van der Waals surface area contributed by atoms with Crippen molar-refractivity contribution in [1.29, 1.82) is 0 Å². The zero-order chi connectivity index (χ0) is 14.0. The Kier molecular flexibility index (Phi) is 4.98. The van der Waals surface area contributed by atoms with Gasteiger partial charge in [0, 0.05) is 23.9 Å². The predicted molar refractivity (Wildman–Crippen MR) is 86.9 cm³/mol. The maximum absolute atomic E-state index is 12.1. The summed E-state index contributed by atoms with van der Waals surface area (Å²) in [5.41, 5.74) is 7.42. The normalized spacial score (nSPS) is 15.1. The minimum Gasteiger partial charge on any atom is -0.350 e. The van der Waals surface area contributed by atoms with Gasteiger partial charge in [-0.1, -0.05) is 30.3 Å². The molecule has 112 valence electrons. The molecule has 1 heterocycles. The summed E-state index contributed by atoms with van der Waals surface area (Å²) in [7, 11) is 0. The van der Waals surface area contributed by atoms with Gasteiger partial charge in [0.15, 0.2) is 0 Å². The van der Waals surface area contributed by atoms with E-state index in [1.54, 1.807) is 5.38 Å². The number of nitrogens with zero attached hydrogens (tertiary/aromatic N) is 1. The fourth-order valence-corrected chi connectivity index (χ4v) is 3.01. The first-order valence-electron chi connectivity index (χ1n) is 6.72. The number of carbonyl (C=O) groups excluding carboxylic acids is 1. The minimum absolute atomic E-state index is 0. The second-order valence-electron chi connectivity index (χ2n) is 5.16. The molecule has 0 aliphatic heterocycles. The molecule has 0 bridgehead atoms. The summed E-state index contributed by atoms with van der Waals surface area (Å²) in [5.74, 6) is -0.108. The number of rotatable bonds is 5. The Bertz CT molecular complexity index is 610. The molecule has 0 atom stereocenters. The summed E-state index contributed by atoms with van der Waals surface area (Å²) in [6.07, 6.45) is 2.25. The van der Waals surface area contributed by atoms with E-state index in [9.17, 15) is 4.79 Å². The van der Waals surface area contributed by atoms with Crippen LogP contribution in [-0.4, -0.2) is 17.4 Å². The van der Waals surface area contributed by atoms with Gasteiger partial charge in [-0.15, -0.1) is 23.7 Å². The van der Waals surface area contributed by atoms with Crippen molar-refractivity contribution in [2.24, 2.45) is 5.73 Å². The maximum Gasteiger partial charge on any atom is 0.270 e. The first-order valence-corrected chi connectivity index (χ1v) is 7.60. The lowest BCUT2D eigenvalue weighted by molar-refractivity contribution is 0.0945. The molecule has 1 aliphatic rings. The number of hydrogen-bond acceptors (Lipinski definition) is 4. The van der Waals surface area contributed by atoms with Gasteiger partial charge in [-0.05, 0) is 18.4 Å². The van der Waals surface area contributed by atoms with E-state index in [1.165, 1.54) is 16.9 Å². The zero-order valence-electron chi connectivity index (χ0n) is 11.5. The summed E-state index contributed by atoms with van der Waals surface area (Å²) in [6, 6.07) is 10.4. The van der Waals surface area contributed by atoms with Crippen LogP contribution in [-0.2, 0) is 12.0 Å². The molecule has 1 amide bonds. The molecule has 0 unspecified atom stereocenters. The molecule has 1 aromatic carbocycles. The average molecular weight is 324 g/mol. The fourth-order valence-electron chi connectivity index (χ4n) is 2.36. The molecular weight excluding hydrogens is 306 g/mol. The van der Waals surface area contributed by atoms with Crippen LogP contribution in [0.5, 0.6) is 0 Å². The van der Waals surface area contributed by atoms with E-state index in [-0.39, 0.29) is 23.7 Å². The molecule has 0 radical (unpaired) electrons. The SMILES string of the molecule is Cl.NCc1nc(C(=O)NCC2(c3ccccc3)CC2)cs1. The van der Waals surface area contributed by atoms with Crippen molar-refractivity contribution in [1.82, 2.24) is 10.3 Å². The van der Waals surface area contributed by atoms with Gasteiger partial charge in [0.2, 0.25) is 0 Å². The van der Waals surface area contributed by atoms with Gasteiger partial charge < -0.3 is 11.1 Å². The highest BCUT2D eigenvalue weighted by Crippen LogP contribution is 2.47. The number of amides is 1. The lowest BCUT2D eigenvalue weighted by atomic mass is 9.96. The Morgan fingerprint density at radius 3 is 2.62 bits per heavy atom. The highest BCUT2D eigenvalue weighted by molar-refractivity contribution is 7.09. The average Bonchev–Trinajstić information content (AvgIpc) is 3.14. The maximum atomic E-state index is 12.1. The number of hydrogen-bond donors (Lipinski definition) is 2. The molecule has 21 heavy (non-hydrogen) atoms. The van der Waals surface area contributed by atoms with Crippen molar-refractivity contribution in [3.8, 4) is 0 Å². The van der Waals surface area contributed by atoms with Crippen LogP contribution in [0, 0.1) is 0 Å². The van der Waals surface area contributed by atoms with Crippen LogP contribution in [0.1, 0.15) is 33.9 Å². The molecule has 1 saturated carbocycles. The van der Waals surface area contributed by atoms with E-state index in [2.05, 4.69) is 22.4 Å². The quantitative estimate of drug-likeness (QED) is 0.888. The Morgan fingerprint density at radius 1 is 1.33 bits per heavy atom. The molecule has 1 aliphatic carbocycles. The zero-order valence-corrected chi connectivity index (χ0v) is 13.2. The molecule has 3 rings (SSSR count). The monoisotopic (exact) mass is 323 g/mol. The third kappa shape index (κ3) is 3.43. The lowest BCUT2D eigenvalue weighted by Crippen LogP contribution is -2.32. The summed E-state index contributed by atoms with van der Waals surface area (Å²) in [6.45, 7) is 1.05. The van der Waals surface area contributed by atoms with Crippen LogP contribution < -0.4 is 11.1 Å². The molecule has 1 aromatic heterocycles. The van der Waals surface area contributed by atoms with E-state index in [1.807, 2.05) is 18.2 Å². The van der Waals surface area contributed by atoms with E-state index >= 15 is 0 Å². The number of aromatic nitrogens is 1. The fraction of sp³-hybridized carbons (Fsp3) is 0.333.